The van der Waals surface area contributed by atoms with Crippen LogP contribution < -0.4 is 15.4 Å². The third-order valence-electron chi connectivity index (χ3n) is 4.13. The Morgan fingerprint density at radius 1 is 0.862 bits per heavy atom. The Balaban J connectivity index is 1.68. The lowest BCUT2D eigenvalue weighted by Crippen LogP contribution is -2.19. The minimum Gasteiger partial charge on any atom is -0.308 e. The number of anilines is 3. The number of benzene rings is 3. The number of amides is 2. The first-order valence-corrected chi connectivity index (χ1v) is 10.6. The molecule has 0 spiro atoms. The van der Waals surface area contributed by atoms with E-state index in [-0.39, 0.29) is 4.90 Å². The molecule has 3 rings (SSSR count). The lowest BCUT2D eigenvalue weighted by molar-refractivity contribution is 0.262. The Bertz CT molecular complexity index is 1150. The first-order valence-electron chi connectivity index (χ1n) is 8.77. The van der Waals surface area contributed by atoms with E-state index in [4.69, 9.17) is 11.6 Å². The van der Waals surface area contributed by atoms with Gasteiger partial charge in [-0.1, -0.05) is 35.4 Å². The Kier molecular flexibility index (Phi) is 6.10. The summed E-state index contributed by atoms with van der Waals surface area (Å²) in [6.45, 7) is 3.79. The Labute approximate surface area is 175 Å². The van der Waals surface area contributed by atoms with Gasteiger partial charge in [0.15, 0.2) is 0 Å². The molecule has 0 fully saturated rings. The number of rotatable bonds is 5. The minimum atomic E-state index is -3.74. The molecule has 3 aromatic carbocycles. The van der Waals surface area contributed by atoms with E-state index >= 15 is 0 Å². The summed E-state index contributed by atoms with van der Waals surface area (Å²) in [7, 11) is -3.74. The molecule has 3 aromatic rings. The van der Waals surface area contributed by atoms with Gasteiger partial charge in [-0.3, -0.25) is 4.72 Å². The molecule has 29 heavy (non-hydrogen) atoms. The van der Waals surface area contributed by atoms with Gasteiger partial charge in [0.1, 0.15) is 0 Å². The van der Waals surface area contributed by atoms with E-state index in [2.05, 4.69) is 15.4 Å². The Morgan fingerprint density at radius 2 is 1.55 bits per heavy atom. The van der Waals surface area contributed by atoms with E-state index in [0.29, 0.717) is 22.1 Å². The first kappa shape index (κ1) is 20.7. The molecule has 0 aliphatic rings. The van der Waals surface area contributed by atoms with Gasteiger partial charge in [0.2, 0.25) is 0 Å². The van der Waals surface area contributed by atoms with Gasteiger partial charge in [0, 0.05) is 16.4 Å². The van der Waals surface area contributed by atoms with Crippen LogP contribution in [-0.4, -0.2) is 14.4 Å². The summed E-state index contributed by atoms with van der Waals surface area (Å²) in [6.07, 6.45) is 0. The molecule has 0 saturated carbocycles. The van der Waals surface area contributed by atoms with Crippen LogP contribution in [0, 0.1) is 13.8 Å². The minimum absolute atomic E-state index is 0.0956. The molecule has 3 N–H and O–H groups in total. The SMILES string of the molecule is Cc1ccc(NS(=O)(=O)c2ccc(NC(=O)Nc3cccc(Cl)c3)cc2)c(C)c1. The Morgan fingerprint density at radius 3 is 2.21 bits per heavy atom. The van der Waals surface area contributed by atoms with Crippen molar-refractivity contribution in [1.29, 1.82) is 0 Å². The van der Waals surface area contributed by atoms with Crippen molar-refractivity contribution in [2.45, 2.75) is 18.7 Å². The number of hydrogen-bond donors (Lipinski definition) is 3. The lowest BCUT2D eigenvalue weighted by Gasteiger charge is -2.12. The van der Waals surface area contributed by atoms with E-state index in [0.717, 1.165) is 11.1 Å². The van der Waals surface area contributed by atoms with Gasteiger partial charge in [0.05, 0.1) is 10.6 Å². The van der Waals surface area contributed by atoms with Crippen molar-refractivity contribution in [2.75, 3.05) is 15.4 Å². The highest BCUT2D eigenvalue weighted by atomic mass is 35.5. The number of carbonyl (C=O) groups excluding carboxylic acids is 1. The molecule has 8 heteroatoms. The van der Waals surface area contributed by atoms with Crippen molar-refractivity contribution in [3.8, 4) is 0 Å². The van der Waals surface area contributed by atoms with Crippen molar-refractivity contribution in [3.05, 3.63) is 82.9 Å². The maximum absolute atomic E-state index is 12.6. The van der Waals surface area contributed by atoms with Gasteiger partial charge < -0.3 is 10.6 Å². The van der Waals surface area contributed by atoms with Crippen LogP contribution in [0.3, 0.4) is 0 Å². The highest BCUT2D eigenvalue weighted by Crippen LogP contribution is 2.22. The molecule has 0 unspecified atom stereocenters. The zero-order chi connectivity index (χ0) is 21.0. The molecule has 6 nitrogen and oxygen atoms in total. The van der Waals surface area contributed by atoms with Gasteiger partial charge in [-0.25, -0.2) is 13.2 Å². The van der Waals surface area contributed by atoms with Gasteiger partial charge in [0.25, 0.3) is 10.0 Å². The molecule has 0 aliphatic heterocycles. The largest absolute Gasteiger partial charge is 0.323 e. The zero-order valence-corrected chi connectivity index (χ0v) is 17.4. The first-order chi connectivity index (χ1) is 13.7. The van der Waals surface area contributed by atoms with Gasteiger partial charge in [-0.2, -0.15) is 0 Å². The second-order valence-electron chi connectivity index (χ2n) is 6.54. The van der Waals surface area contributed by atoms with Crippen LogP contribution in [0.4, 0.5) is 21.9 Å². The third-order valence-corrected chi connectivity index (χ3v) is 5.75. The average molecular weight is 430 g/mol. The third kappa shape index (κ3) is 5.49. The number of nitrogens with one attached hydrogen (secondary N) is 3. The highest BCUT2D eigenvalue weighted by molar-refractivity contribution is 7.92. The van der Waals surface area contributed by atoms with E-state index in [1.165, 1.54) is 24.3 Å². The number of sulfonamides is 1. The summed E-state index contributed by atoms with van der Waals surface area (Å²) in [5, 5.41) is 5.81. The monoisotopic (exact) mass is 429 g/mol. The average Bonchev–Trinajstić information content (AvgIpc) is 2.64. The molecule has 150 valence electrons. The molecule has 0 atom stereocenters. The quantitative estimate of drug-likeness (QED) is 0.507. The van der Waals surface area contributed by atoms with E-state index < -0.39 is 16.1 Å². The van der Waals surface area contributed by atoms with Crippen LogP contribution in [0.2, 0.25) is 5.02 Å². The predicted molar refractivity (Wildman–Crippen MR) is 117 cm³/mol. The summed E-state index contributed by atoms with van der Waals surface area (Å²) in [5.74, 6) is 0. The molecule has 0 radical (unpaired) electrons. The van der Waals surface area contributed by atoms with Crippen molar-refractivity contribution in [2.24, 2.45) is 0 Å². The van der Waals surface area contributed by atoms with Gasteiger partial charge in [-0.05, 0) is 67.9 Å². The number of carbonyl (C=O) groups is 1. The summed E-state index contributed by atoms with van der Waals surface area (Å²) < 4.78 is 27.8. The molecule has 2 amide bonds. The summed E-state index contributed by atoms with van der Waals surface area (Å²) in [5.41, 5.74) is 3.42. The smallest absolute Gasteiger partial charge is 0.308 e. The number of urea groups is 1. The molecule has 0 bridgehead atoms. The topological polar surface area (TPSA) is 87.3 Å². The maximum atomic E-state index is 12.6. The van der Waals surface area contributed by atoms with E-state index in [9.17, 15) is 13.2 Å². The fourth-order valence-electron chi connectivity index (χ4n) is 2.71. The number of hydrogen-bond acceptors (Lipinski definition) is 3. The highest BCUT2D eigenvalue weighted by Gasteiger charge is 2.15. The number of aryl methyl sites for hydroxylation is 2. The fourth-order valence-corrected chi connectivity index (χ4v) is 4.03. The van der Waals surface area contributed by atoms with Crippen LogP contribution in [-0.2, 0) is 10.0 Å². The van der Waals surface area contributed by atoms with Crippen molar-refractivity contribution >= 4 is 44.7 Å². The standard InChI is InChI=1S/C21H20ClN3O3S/c1-14-6-11-20(15(2)12-14)25-29(27,28)19-9-7-17(8-10-19)23-21(26)24-18-5-3-4-16(22)13-18/h3-13,25H,1-2H3,(H2,23,24,26). The van der Waals surface area contributed by atoms with Gasteiger partial charge in [-0.15, -0.1) is 0 Å². The number of halogens is 1. The lowest BCUT2D eigenvalue weighted by atomic mass is 10.1. The van der Waals surface area contributed by atoms with Crippen LogP contribution in [0.15, 0.2) is 71.6 Å². The molecule has 0 aromatic heterocycles. The summed E-state index contributed by atoms with van der Waals surface area (Å²) in [6, 6.07) is 17.7. The normalized spacial score (nSPS) is 11.0. The van der Waals surface area contributed by atoms with Crippen LogP contribution in [0.5, 0.6) is 0 Å². The summed E-state index contributed by atoms with van der Waals surface area (Å²) >= 11 is 5.89. The van der Waals surface area contributed by atoms with Crippen LogP contribution in [0.25, 0.3) is 0 Å². The molecule has 0 aliphatic carbocycles. The molecule has 0 saturated heterocycles. The van der Waals surface area contributed by atoms with Crippen LogP contribution in [0.1, 0.15) is 11.1 Å². The Hall–Kier alpha value is -3.03. The zero-order valence-electron chi connectivity index (χ0n) is 15.9. The van der Waals surface area contributed by atoms with Gasteiger partial charge >= 0.3 is 6.03 Å². The molecular formula is C21H20ClN3O3S. The van der Waals surface area contributed by atoms with Crippen molar-refractivity contribution in [3.63, 3.8) is 0 Å². The van der Waals surface area contributed by atoms with Crippen LogP contribution >= 0.6 is 11.6 Å². The second kappa shape index (κ2) is 8.55. The van der Waals surface area contributed by atoms with E-state index in [1.807, 2.05) is 26.0 Å². The van der Waals surface area contributed by atoms with Crippen molar-refractivity contribution < 1.29 is 13.2 Å². The van der Waals surface area contributed by atoms with Crippen molar-refractivity contribution in [1.82, 2.24) is 0 Å². The fraction of sp³-hybridized carbons (Fsp3) is 0.0952. The van der Waals surface area contributed by atoms with E-state index in [1.54, 1.807) is 30.3 Å². The second-order valence-corrected chi connectivity index (χ2v) is 8.66. The molecular weight excluding hydrogens is 410 g/mol. The predicted octanol–water partition coefficient (Wildman–Crippen LogP) is 5.40. The summed E-state index contributed by atoms with van der Waals surface area (Å²) in [4.78, 5) is 12.2. The maximum Gasteiger partial charge on any atom is 0.323 e. The molecule has 0 heterocycles.